The molecule has 0 fully saturated rings. The SMILES string of the molecule is O=S([O-])OCC(CO)CO. The summed E-state index contributed by atoms with van der Waals surface area (Å²) in [6.07, 6.45) is 0. The van der Waals surface area contributed by atoms with Gasteiger partial charge in [-0.05, 0) is 0 Å². The second-order valence-electron chi connectivity index (χ2n) is 1.72. The third-order valence-corrected chi connectivity index (χ3v) is 1.24. The van der Waals surface area contributed by atoms with Gasteiger partial charge in [-0.2, -0.15) is 0 Å². The van der Waals surface area contributed by atoms with E-state index in [-0.39, 0.29) is 19.8 Å². The maximum Gasteiger partial charge on any atom is 0.0842 e. The van der Waals surface area contributed by atoms with Crippen molar-refractivity contribution in [3.8, 4) is 0 Å². The van der Waals surface area contributed by atoms with Gasteiger partial charge in [0, 0.05) is 5.92 Å². The highest BCUT2D eigenvalue weighted by Crippen LogP contribution is 1.94. The van der Waals surface area contributed by atoms with E-state index < -0.39 is 17.3 Å². The van der Waals surface area contributed by atoms with E-state index in [1.807, 2.05) is 0 Å². The Balaban J connectivity index is 3.34. The molecule has 0 spiro atoms. The number of hydrogen-bond donors (Lipinski definition) is 2. The molecule has 0 rings (SSSR count). The number of aliphatic hydroxyl groups excluding tert-OH is 2. The lowest BCUT2D eigenvalue weighted by atomic mass is 10.2. The molecule has 10 heavy (non-hydrogen) atoms. The molecule has 0 aliphatic heterocycles. The van der Waals surface area contributed by atoms with E-state index in [9.17, 15) is 8.76 Å². The van der Waals surface area contributed by atoms with E-state index in [0.717, 1.165) is 0 Å². The topological polar surface area (TPSA) is 89.8 Å². The van der Waals surface area contributed by atoms with Crippen LogP contribution in [0.25, 0.3) is 0 Å². The molecule has 1 atom stereocenters. The van der Waals surface area contributed by atoms with Crippen molar-refractivity contribution in [2.24, 2.45) is 5.92 Å². The number of hydrogen-bond acceptors (Lipinski definition) is 5. The molecule has 62 valence electrons. The molecule has 0 aromatic heterocycles. The van der Waals surface area contributed by atoms with Crippen molar-refractivity contribution in [3.05, 3.63) is 0 Å². The summed E-state index contributed by atoms with van der Waals surface area (Å²) in [6.45, 7) is -0.746. The lowest BCUT2D eigenvalue weighted by Gasteiger charge is -2.11. The van der Waals surface area contributed by atoms with E-state index in [1.54, 1.807) is 0 Å². The van der Waals surface area contributed by atoms with Crippen molar-refractivity contribution in [2.75, 3.05) is 19.8 Å². The fourth-order valence-electron chi connectivity index (χ4n) is 0.315. The van der Waals surface area contributed by atoms with Gasteiger partial charge in [-0.25, -0.2) is 4.21 Å². The first-order valence-corrected chi connectivity index (χ1v) is 3.65. The molecule has 2 N–H and O–H groups in total. The van der Waals surface area contributed by atoms with Crippen molar-refractivity contribution in [3.63, 3.8) is 0 Å². The fourth-order valence-corrected chi connectivity index (χ4v) is 0.618. The maximum absolute atomic E-state index is 9.75. The average Bonchev–Trinajstić information content (AvgIpc) is 1.90. The largest absolute Gasteiger partial charge is 0.750 e. The summed E-state index contributed by atoms with van der Waals surface area (Å²) in [7, 11) is 0. The monoisotopic (exact) mass is 169 g/mol. The lowest BCUT2D eigenvalue weighted by molar-refractivity contribution is 0.107. The summed E-state index contributed by atoms with van der Waals surface area (Å²) in [5.41, 5.74) is 0. The van der Waals surface area contributed by atoms with Gasteiger partial charge in [-0.15, -0.1) is 0 Å². The van der Waals surface area contributed by atoms with Crippen molar-refractivity contribution in [1.29, 1.82) is 0 Å². The highest BCUT2D eigenvalue weighted by atomic mass is 32.2. The first-order chi connectivity index (χ1) is 4.70. The molecule has 6 heteroatoms. The molecule has 1 unspecified atom stereocenters. The van der Waals surface area contributed by atoms with Crippen LogP contribution in [0.2, 0.25) is 0 Å². The summed E-state index contributed by atoms with van der Waals surface area (Å²) in [4.78, 5) is 0. The van der Waals surface area contributed by atoms with Gasteiger partial charge in [0.05, 0.1) is 31.2 Å². The standard InChI is InChI=1S/C4H10O5S/c5-1-4(2-6)3-9-10(7)8/h4-6H,1-3H2,(H,7,8)/p-1. The summed E-state index contributed by atoms with van der Waals surface area (Å²) in [6, 6.07) is 0. The van der Waals surface area contributed by atoms with Gasteiger partial charge >= 0.3 is 0 Å². The molecular weight excluding hydrogens is 160 g/mol. The molecule has 0 saturated heterocycles. The normalized spacial score (nSPS) is 14.0. The van der Waals surface area contributed by atoms with Crippen LogP contribution in [-0.4, -0.2) is 38.8 Å². The minimum atomic E-state index is -2.56. The van der Waals surface area contributed by atoms with Crippen LogP contribution in [0.5, 0.6) is 0 Å². The smallest absolute Gasteiger partial charge is 0.0842 e. The highest BCUT2D eigenvalue weighted by Gasteiger charge is 2.04. The number of aliphatic hydroxyl groups is 2. The van der Waals surface area contributed by atoms with Crippen LogP contribution < -0.4 is 0 Å². The van der Waals surface area contributed by atoms with E-state index >= 15 is 0 Å². The lowest BCUT2D eigenvalue weighted by Crippen LogP contribution is -2.18. The predicted octanol–water partition coefficient (Wildman–Crippen LogP) is -1.60. The molecule has 5 nitrogen and oxygen atoms in total. The van der Waals surface area contributed by atoms with E-state index in [2.05, 4.69) is 4.18 Å². The molecular formula is C4H9O5S-. The molecule has 0 radical (unpaired) electrons. The Kier molecular flexibility index (Phi) is 5.74. The van der Waals surface area contributed by atoms with Gasteiger partial charge in [0.25, 0.3) is 0 Å². The predicted molar refractivity (Wildman–Crippen MR) is 32.5 cm³/mol. The average molecular weight is 169 g/mol. The Morgan fingerprint density at radius 3 is 2.30 bits per heavy atom. The van der Waals surface area contributed by atoms with Gasteiger partial charge in [0.2, 0.25) is 0 Å². The van der Waals surface area contributed by atoms with Crippen LogP contribution in [-0.2, 0) is 15.5 Å². The zero-order valence-corrected chi connectivity index (χ0v) is 6.04. The molecule has 0 aliphatic rings. The molecule has 0 aromatic carbocycles. The number of rotatable bonds is 5. The summed E-state index contributed by atoms with van der Waals surface area (Å²) in [5.74, 6) is -0.516. The Morgan fingerprint density at radius 2 is 2.00 bits per heavy atom. The fraction of sp³-hybridized carbons (Fsp3) is 1.00. The first kappa shape index (κ1) is 9.99. The highest BCUT2D eigenvalue weighted by molar-refractivity contribution is 7.74. The summed E-state index contributed by atoms with van der Waals surface area (Å²) in [5, 5.41) is 16.8. The van der Waals surface area contributed by atoms with Crippen LogP contribution in [0, 0.1) is 5.92 Å². The van der Waals surface area contributed by atoms with Crippen LogP contribution in [0.3, 0.4) is 0 Å². The molecule has 0 amide bonds. The van der Waals surface area contributed by atoms with Crippen molar-refractivity contribution >= 4 is 11.4 Å². The molecule has 0 aromatic rings. The molecule has 0 heterocycles. The Hall–Kier alpha value is -0.0100. The van der Waals surface area contributed by atoms with Crippen molar-refractivity contribution in [2.45, 2.75) is 0 Å². The summed E-state index contributed by atoms with van der Waals surface area (Å²) >= 11 is -2.56. The van der Waals surface area contributed by atoms with Gasteiger partial charge in [-0.1, -0.05) is 0 Å². The van der Waals surface area contributed by atoms with Crippen LogP contribution in [0.15, 0.2) is 0 Å². The third kappa shape index (κ3) is 4.83. The zero-order chi connectivity index (χ0) is 7.98. The van der Waals surface area contributed by atoms with Gasteiger partial charge < -0.3 is 18.9 Å². The Bertz CT molecular complexity index is 102. The van der Waals surface area contributed by atoms with Crippen molar-refractivity contribution < 1.29 is 23.2 Å². The Morgan fingerprint density at radius 1 is 1.50 bits per heavy atom. The van der Waals surface area contributed by atoms with Crippen LogP contribution in [0.1, 0.15) is 0 Å². The zero-order valence-electron chi connectivity index (χ0n) is 5.23. The molecule has 0 bridgehead atoms. The second kappa shape index (κ2) is 5.75. The van der Waals surface area contributed by atoms with Crippen molar-refractivity contribution in [1.82, 2.24) is 0 Å². The maximum atomic E-state index is 9.75. The van der Waals surface area contributed by atoms with Crippen LogP contribution in [0.4, 0.5) is 0 Å². The molecule has 0 aliphatic carbocycles. The minimum Gasteiger partial charge on any atom is -0.750 e. The second-order valence-corrected chi connectivity index (χ2v) is 2.36. The van der Waals surface area contributed by atoms with Crippen LogP contribution >= 0.6 is 0 Å². The van der Waals surface area contributed by atoms with E-state index in [1.165, 1.54) is 0 Å². The van der Waals surface area contributed by atoms with Gasteiger partial charge in [0.15, 0.2) is 0 Å². The third-order valence-electron chi connectivity index (χ3n) is 0.916. The van der Waals surface area contributed by atoms with Gasteiger partial charge in [0.1, 0.15) is 0 Å². The Labute approximate surface area is 61.1 Å². The van der Waals surface area contributed by atoms with E-state index in [0.29, 0.717) is 0 Å². The van der Waals surface area contributed by atoms with Gasteiger partial charge in [-0.3, -0.25) is 0 Å². The summed E-state index contributed by atoms with van der Waals surface area (Å²) < 4.78 is 23.6. The minimum absolute atomic E-state index is 0.177. The first-order valence-electron chi connectivity index (χ1n) is 2.65. The van der Waals surface area contributed by atoms with E-state index in [4.69, 9.17) is 10.2 Å². The quantitative estimate of drug-likeness (QED) is 0.484. The molecule has 0 saturated carbocycles.